The summed E-state index contributed by atoms with van der Waals surface area (Å²) in [5, 5.41) is 10.7. The van der Waals surface area contributed by atoms with Crippen LogP contribution in [0.5, 0.6) is 0 Å². The average Bonchev–Trinajstić information content (AvgIpc) is 3.18. The lowest BCUT2D eigenvalue weighted by Gasteiger charge is -2.46. The number of anilines is 1. The topological polar surface area (TPSA) is 52.1 Å². The fourth-order valence-corrected chi connectivity index (χ4v) is 5.87. The minimum absolute atomic E-state index is 0.295. The first-order valence-corrected chi connectivity index (χ1v) is 11.5. The molecule has 152 valence electrons. The molecule has 1 atom stereocenters. The van der Waals surface area contributed by atoms with Crippen molar-refractivity contribution in [2.24, 2.45) is 0 Å². The van der Waals surface area contributed by atoms with Crippen LogP contribution in [0.15, 0.2) is 6.20 Å². The van der Waals surface area contributed by atoms with Gasteiger partial charge in [0.1, 0.15) is 0 Å². The number of rotatable bonds is 6. The van der Waals surface area contributed by atoms with E-state index in [1.54, 1.807) is 0 Å². The van der Waals surface area contributed by atoms with E-state index in [-0.39, 0.29) is 0 Å². The molecule has 2 saturated heterocycles. The summed E-state index contributed by atoms with van der Waals surface area (Å²) >= 11 is 1.83. The van der Waals surface area contributed by atoms with Gasteiger partial charge in [-0.25, -0.2) is 4.98 Å². The van der Waals surface area contributed by atoms with Crippen LogP contribution in [0.3, 0.4) is 0 Å². The maximum atomic E-state index is 9.59. The highest BCUT2D eigenvalue weighted by Crippen LogP contribution is 2.29. The number of aromatic nitrogens is 1. The lowest BCUT2D eigenvalue weighted by atomic mass is 9.92. The van der Waals surface area contributed by atoms with E-state index in [9.17, 15) is 5.11 Å². The standard InChI is InChI=1S/C20H34N4O2S/c25-11-6-18-15-22(7-8-24(18)17-4-2-1-3-5-17)16-19-14-21-20(27-19)23-9-12-26-13-10-23/h14,17-18,25H,1-13,15-16H2. The summed E-state index contributed by atoms with van der Waals surface area (Å²) in [6, 6.07) is 1.24. The van der Waals surface area contributed by atoms with Crippen LogP contribution in [0.4, 0.5) is 5.13 Å². The summed E-state index contributed by atoms with van der Waals surface area (Å²) in [5.41, 5.74) is 0. The Morgan fingerprint density at radius 3 is 2.70 bits per heavy atom. The first-order chi connectivity index (χ1) is 13.3. The average molecular weight is 395 g/mol. The number of nitrogens with zero attached hydrogens (tertiary/aromatic N) is 4. The molecular formula is C20H34N4O2S. The maximum Gasteiger partial charge on any atom is 0.185 e. The minimum atomic E-state index is 0.295. The highest BCUT2D eigenvalue weighted by Gasteiger charge is 2.32. The molecule has 3 aliphatic rings. The third kappa shape index (κ3) is 5.01. The molecule has 0 amide bonds. The first kappa shape index (κ1) is 19.6. The van der Waals surface area contributed by atoms with E-state index in [4.69, 9.17) is 4.74 Å². The van der Waals surface area contributed by atoms with Crippen molar-refractivity contribution in [2.75, 3.05) is 57.4 Å². The van der Waals surface area contributed by atoms with Crippen LogP contribution in [-0.2, 0) is 11.3 Å². The number of thiazole rings is 1. The highest BCUT2D eigenvalue weighted by molar-refractivity contribution is 7.15. The molecule has 0 spiro atoms. The normalized spacial score (nSPS) is 26.6. The Hall–Kier alpha value is -0.730. The summed E-state index contributed by atoms with van der Waals surface area (Å²) in [6.07, 6.45) is 9.81. The van der Waals surface area contributed by atoms with Gasteiger partial charge >= 0.3 is 0 Å². The maximum absolute atomic E-state index is 9.59. The Balaban J connectivity index is 1.34. The van der Waals surface area contributed by atoms with Gasteiger partial charge in [-0.2, -0.15) is 0 Å². The van der Waals surface area contributed by atoms with Crippen molar-refractivity contribution < 1.29 is 9.84 Å². The molecule has 0 aromatic carbocycles. The van der Waals surface area contributed by atoms with Gasteiger partial charge in [0.05, 0.1) is 13.2 Å². The molecule has 1 aliphatic carbocycles. The van der Waals surface area contributed by atoms with Crippen LogP contribution in [0.2, 0.25) is 0 Å². The molecule has 1 unspecified atom stereocenters. The van der Waals surface area contributed by atoms with Gasteiger partial charge in [-0.1, -0.05) is 19.3 Å². The summed E-state index contributed by atoms with van der Waals surface area (Å²) in [7, 11) is 0. The molecule has 6 nitrogen and oxygen atoms in total. The number of piperazine rings is 1. The third-order valence-corrected chi connectivity index (χ3v) is 7.36. The summed E-state index contributed by atoms with van der Waals surface area (Å²) < 4.78 is 5.45. The second kappa shape index (κ2) is 9.65. The fourth-order valence-electron chi connectivity index (χ4n) is 4.87. The SMILES string of the molecule is OCCC1CN(Cc2cnc(N3CCOCC3)s2)CCN1C1CCCCC1. The van der Waals surface area contributed by atoms with E-state index >= 15 is 0 Å². The van der Waals surface area contributed by atoms with E-state index in [0.29, 0.717) is 12.6 Å². The highest BCUT2D eigenvalue weighted by atomic mass is 32.1. The van der Waals surface area contributed by atoms with Crippen molar-refractivity contribution in [1.82, 2.24) is 14.8 Å². The van der Waals surface area contributed by atoms with Gasteiger partial charge < -0.3 is 14.7 Å². The monoisotopic (exact) mass is 394 g/mol. The van der Waals surface area contributed by atoms with Crippen LogP contribution >= 0.6 is 11.3 Å². The largest absolute Gasteiger partial charge is 0.396 e. The predicted molar refractivity (Wildman–Crippen MR) is 109 cm³/mol. The second-order valence-corrected chi connectivity index (χ2v) is 9.23. The van der Waals surface area contributed by atoms with Crippen LogP contribution in [0, 0.1) is 0 Å². The first-order valence-electron chi connectivity index (χ1n) is 10.7. The van der Waals surface area contributed by atoms with Gasteiger partial charge in [0, 0.05) is 69.0 Å². The zero-order valence-electron chi connectivity index (χ0n) is 16.4. The zero-order valence-corrected chi connectivity index (χ0v) is 17.2. The lowest BCUT2D eigenvalue weighted by molar-refractivity contribution is 0.0140. The molecule has 0 radical (unpaired) electrons. The van der Waals surface area contributed by atoms with Crippen molar-refractivity contribution in [2.45, 2.75) is 57.2 Å². The van der Waals surface area contributed by atoms with Gasteiger partial charge in [0.25, 0.3) is 0 Å². The lowest BCUT2D eigenvalue weighted by Crippen LogP contribution is -2.56. The number of ether oxygens (including phenoxy) is 1. The predicted octanol–water partition coefficient (Wildman–Crippen LogP) is 2.18. The molecule has 2 aliphatic heterocycles. The van der Waals surface area contributed by atoms with Crippen LogP contribution in [-0.4, -0.2) is 84.5 Å². The number of hydrogen-bond donors (Lipinski definition) is 1. The van der Waals surface area contributed by atoms with Gasteiger partial charge in [0.2, 0.25) is 0 Å². The van der Waals surface area contributed by atoms with Gasteiger partial charge in [0.15, 0.2) is 5.13 Å². The van der Waals surface area contributed by atoms with E-state index in [0.717, 1.165) is 70.1 Å². The van der Waals surface area contributed by atoms with Crippen LogP contribution < -0.4 is 4.90 Å². The van der Waals surface area contributed by atoms with Crippen LogP contribution in [0.1, 0.15) is 43.4 Å². The van der Waals surface area contributed by atoms with E-state index in [1.165, 1.54) is 37.0 Å². The van der Waals surface area contributed by atoms with Crippen molar-refractivity contribution in [3.05, 3.63) is 11.1 Å². The summed E-state index contributed by atoms with van der Waals surface area (Å²) in [6.45, 7) is 8.14. The fraction of sp³-hybridized carbons (Fsp3) is 0.850. The summed E-state index contributed by atoms with van der Waals surface area (Å²) in [5.74, 6) is 0. The van der Waals surface area contributed by atoms with Gasteiger partial charge in [-0.05, 0) is 19.3 Å². The van der Waals surface area contributed by atoms with E-state index in [1.807, 2.05) is 11.3 Å². The molecule has 1 aromatic heterocycles. The molecule has 3 fully saturated rings. The second-order valence-electron chi connectivity index (χ2n) is 8.14. The minimum Gasteiger partial charge on any atom is -0.396 e. The molecule has 3 heterocycles. The molecule has 4 rings (SSSR count). The Morgan fingerprint density at radius 1 is 1.11 bits per heavy atom. The van der Waals surface area contributed by atoms with Crippen molar-refractivity contribution in [1.29, 1.82) is 0 Å². The van der Waals surface area contributed by atoms with Gasteiger partial charge in [-0.15, -0.1) is 11.3 Å². The summed E-state index contributed by atoms with van der Waals surface area (Å²) in [4.78, 5) is 13.6. The Morgan fingerprint density at radius 2 is 1.93 bits per heavy atom. The Bertz CT molecular complexity index is 572. The zero-order chi connectivity index (χ0) is 18.5. The van der Waals surface area contributed by atoms with E-state index < -0.39 is 0 Å². The van der Waals surface area contributed by atoms with Crippen molar-refractivity contribution in [3.63, 3.8) is 0 Å². The molecule has 27 heavy (non-hydrogen) atoms. The molecular weight excluding hydrogens is 360 g/mol. The van der Waals surface area contributed by atoms with Crippen molar-refractivity contribution >= 4 is 16.5 Å². The molecule has 1 N–H and O–H groups in total. The quantitative estimate of drug-likeness (QED) is 0.798. The third-order valence-electron chi connectivity index (χ3n) is 6.32. The molecule has 0 bridgehead atoms. The van der Waals surface area contributed by atoms with E-state index in [2.05, 4.69) is 25.9 Å². The molecule has 7 heteroatoms. The van der Waals surface area contributed by atoms with Crippen molar-refractivity contribution in [3.8, 4) is 0 Å². The number of hydrogen-bond acceptors (Lipinski definition) is 7. The number of aliphatic hydroxyl groups excluding tert-OH is 1. The Labute approximate surface area is 167 Å². The smallest absolute Gasteiger partial charge is 0.185 e. The van der Waals surface area contributed by atoms with Gasteiger partial charge in [-0.3, -0.25) is 9.80 Å². The number of morpholine rings is 1. The number of aliphatic hydroxyl groups is 1. The van der Waals surface area contributed by atoms with Crippen LogP contribution in [0.25, 0.3) is 0 Å². The molecule has 1 aromatic rings. The Kier molecular flexibility index (Phi) is 7.00. The molecule has 1 saturated carbocycles.